The molecule has 21 heavy (non-hydrogen) atoms. The van der Waals surface area contributed by atoms with Crippen molar-refractivity contribution >= 4 is 16.5 Å². The van der Waals surface area contributed by atoms with Gasteiger partial charge < -0.3 is 10.2 Å². The highest BCUT2D eigenvalue weighted by molar-refractivity contribution is 7.15. The van der Waals surface area contributed by atoms with E-state index < -0.39 is 0 Å². The van der Waals surface area contributed by atoms with Crippen LogP contribution in [-0.2, 0) is 13.0 Å². The smallest absolute Gasteiger partial charge is 0.185 e. The van der Waals surface area contributed by atoms with Crippen LogP contribution in [0.1, 0.15) is 64.5 Å². The van der Waals surface area contributed by atoms with Gasteiger partial charge in [-0.1, -0.05) is 20.3 Å². The van der Waals surface area contributed by atoms with E-state index >= 15 is 0 Å². The lowest BCUT2D eigenvalue weighted by molar-refractivity contribution is 0.425. The SMILES string of the molecule is CCCC1CCN(c2nc(CC)c(CNC(C)(C)C)s2)C1. The van der Waals surface area contributed by atoms with Gasteiger partial charge in [0.25, 0.3) is 0 Å². The van der Waals surface area contributed by atoms with Crippen molar-refractivity contribution in [3.63, 3.8) is 0 Å². The van der Waals surface area contributed by atoms with E-state index in [0.717, 1.165) is 18.9 Å². The molecule has 2 rings (SSSR count). The Morgan fingerprint density at radius 2 is 2.10 bits per heavy atom. The van der Waals surface area contributed by atoms with Gasteiger partial charge in [-0.3, -0.25) is 0 Å². The normalized spacial score (nSPS) is 19.5. The molecular weight excluding hydrogens is 278 g/mol. The van der Waals surface area contributed by atoms with Gasteiger partial charge in [0.05, 0.1) is 5.69 Å². The molecule has 1 fully saturated rings. The minimum Gasteiger partial charge on any atom is -0.348 e. The first-order valence-corrected chi connectivity index (χ1v) is 9.23. The molecule has 0 amide bonds. The van der Waals surface area contributed by atoms with Crippen molar-refractivity contribution in [2.45, 2.75) is 72.4 Å². The molecule has 1 unspecified atom stereocenters. The fraction of sp³-hybridized carbons (Fsp3) is 0.824. The van der Waals surface area contributed by atoms with E-state index in [0.29, 0.717) is 0 Å². The number of thiazole rings is 1. The Morgan fingerprint density at radius 1 is 1.33 bits per heavy atom. The molecule has 1 N–H and O–H groups in total. The highest BCUT2D eigenvalue weighted by Crippen LogP contribution is 2.32. The third-order valence-electron chi connectivity index (χ3n) is 4.13. The first kappa shape index (κ1) is 16.8. The first-order chi connectivity index (χ1) is 9.93. The number of anilines is 1. The molecule has 0 radical (unpaired) electrons. The number of aromatic nitrogens is 1. The van der Waals surface area contributed by atoms with Gasteiger partial charge in [0, 0.05) is 30.1 Å². The molecule has 1 aromatic heterocycles. The van der Waals surface area contributed by atoms with E-state index in [-0.39, 0.29) is 5.54 Å². The second kappa shape index (κ2) is 7.10. The van der Waals surface area contributed by atoms with Gasteiger partial charge in [-0.15, -0.1) is 11.3 Å². The molecule has 0 bridgehead atoms. The summed E-state index contributed by atoms with van der Waals surface area (Å²) in [4.78, 5) is 8.83. The van der Waals surface area contributed by atoms with Crippen LogP contribution in [-0.4, -0.2) is 23.6 Å². The van der Waals surface area contributed by atoms with E-state index in [1.54, 1.807) is 0 Å². The number of rotatable bonds is 6. The van der Waals surface area contributed by atoms with Crippen molar-refractivity contribution in [2.24, 2.45) is 5.92 Å². The molecule has 1 aliphatic rings. The van der Waals surface area contributed by atoms with Crippen LogP contribution in [0.4, 0.5) is 5.13 Å². The van der Waals surface area contributed by atoms with Crippen LogP contribution in [0.5, 0.6) is 0 Å². The van der Waals surface area contributed by atoms with E-state index in [4.69, 9.17) is 4.98 Å². The highest BCUT2D eigenvalue weighted by Gasteiger charge is 2.25. The maximum Gasteiger partial charge on any atom is 0.185 e. The van der Waals surface area contributed by atoms with Crippen LogP contribution in [0.15, 0.2) is 0 Å². The van der Waals surface area contributed by atoms with Crippen molar-refractivity contribution < 1.29 is 0 Å². The fourth-order valence-corrected chi connectivity index (χ4v) is 4.04. The van der Waals surface area contributed by atoms with Crippen LogP contribution in [0.2, 0.25) is 0 Å². The first-order valence-electron chi connectivity index (χ1n) is 8.41. The Morgan fingerprint density at radius 3 is 2.71 bits per heavy atom. The number of aryl methyl sites for hydroxylation is 1. The van der Waals surface area contributed by atoms with Crippen molar-refractivity contribution in [1.29, 1.82) is 0 Å². The summed E-state index contributed by atoms with van der Waals surface area (Å²) in [6.07, 6.45) is 5.03. The zero-order valence-corrected chi connectivity index (χ0v) is 15.1. The summed E-state index contributed by atoms with van der Waals surface area (Å²) < 4.78 is 0. The number of nitrogens with one attached hydrogen (secondary N) is 1. The van der Waals surface area contributed by atoms with Crippen LogP contribution in [0, 0.1) is 5.92 Å². The molecule has 1 saturated heterocycles. The summed E-state index contributed by atoms with van der Waals surface area (Å²) >= 11 is 1.89. The van der Waals surface area contributed by atoms with E-state index in [1.807, 2.05) is 11.3 Å². The van der Waals surface area contributed by atoms with Crippen molar-refractivity contribution in [3.8, 4) is 0 Å². The standard InChI is InChI=1S/C17H31N3S/c1-6-8-13-9-10-20(12-13)16-19-14(7-2)15(21-16)11-18-17(3,4)5/h13,18H,6-12H2,1-5H3. The Labute approximate surface area is 134 Å². The Kier molecular flexibility index (Phi) is 5.67. The molecule has 4 heteroatoms. The summed E-state index contributed by atoms with van der Waals surface area (Å²) in [6.45, 7) is 14.5. The topological polar surface area (TPSA) is 28.2 Å². The number of nitrogens with zero attached hydrogens (tertiary/aromatic N) is 2. The van der Waals surface area contributed by atoms with Gasteiger partial charge in [-0.2, -0.15) is 0 Å². The zero-order chi connectivity index (χ0) is 15.5. The second-order valence-electron chi connectivity index (χ2n) is 7.21. The molecule has 0 aliphatic carbocycles. The molecule has 0 aromatic carbocycles. The Hall–Kier alpha value is -0.610. The zero-order valence-electron chi connectivity index (χ0n) is 14.3. The van der Waals surface area contributed by atoms with Crippen molar-refractivity contribution in [2.75, 3.05) is 18.0 Å². The van der Waals surface area contributed by atoms with E-state index in [2.05, 4.69) is 44.8 Å². The van der Waals surface area contributed by atoms with Gasteiger partial charge in [0.2, 0.25) is 0 Å². The molecule has 2 heterocycles. The molecule has 120 valence electrons. The van der Waals surface area contributed by atoms with Gasteiger partial charge in [0.1, 0.15) is 0 Å². The van der Waals surface area contributed by atoms with Gasteiger partial charge in [-0.05, 0) is 46.0 Å². The monoisotopic (exact) mass is 309 g/mol. The lowest BCUT2D eigenvalue weighted by Crippen LogP contribution is -2.35. The number of hydrogen-bond acceptors (Lipinski definition) is 4. The van der Waals surface area contributed by atoms with Crippen LogP contribution in [0.3, 0.4) is 0 Å². The van der Waals surface area contributed by atoms with Crippen LogP contribution in [0.25, 0.3) is 0 Å². The third-order valence-corrected chi connectivity index (χ3v) is 5.29. The lowest BCUT2D eigenvalue weighted by atomic mass is 10.0. The Bertz CT molecular complexity index is 447. The van der Waals surface area contributed by atoms with Gasteiger partial charge in [-0.25, -0.2) is 4.98 Å². The van der Waals surface area contributed by atoms with E-state index in [1.165, 1.54) is 48.1 Å². The highest BCUT2D eigenvalue weighted by atomic mass is 32.1. The summed E-state index contributed by atoms with van der Waals surface area (Å²) in [5.41, 5.74) is 1.44. The summed E-state index contributed by atoms with van der Waals surface area (Å²) in [7, 11) is 0. The van der Waals surface area contributed by atoms with E-state index in [9.17, 15) is 0 Å². The Balaban J connectivity index is 2.03. The molecule has 3 nitrogen and oxygen atoms in total. The fourth-order valence-electron chi connectivity index (χ4n) is 2.92. The average molecular weight is 310 g/mol. The lowest BCUT2D eigenvalue weighted by Gasteiger charge is -2.20. The molecular formula is C17H31N3S. The molecule has 0 saturated carbocycles. The van der Waals surface area contributed by atoms with Crippen molar-refractivity contribution in [3.05, 3.63) is 10.6 Å². The summed E-state index contributed by atoms with van der Waals surface area (Å²) in [5, 5.41) is 4.84. The van der Waals surface area contributed by atoms with Gasteiger partial charge in [0.15, 0.2) is 5.13 Å². The second-order valence-corrected chi connectivity index (χ2v) is 8.27. The summed E-state index contributed by atoms with van der Waals surface area (Å²) in [5.74, 6) is 0.875. The minimum atomic E-state index is 0.162. The maximum absolute atomic E-state index is 4.91. The van der Waals surface area contributed by atoms with Gasteiger partial charge >= 0.3 is 0 Å². The predicted molar refractivity (Wildman–Crippen MR) is 93.3 cm³/mol. The number of hydrogen-bond donors (Lipinski definition) is 1. The molecule has 1 aliphatic heterocycles. The van der Waals surface area contributed by atoms with Crippen LogP contribution < -0.4 is 10.2 Å². The molecule has 1 atom stereocenters. The summed E-state index contributed by atoms with van der Waals surface area (Å²) in [6, 6.07) is 0. The van der Waals surface area contributed by atoms with Crippen LogP contribution >= 0.6 is 11.3 Å². The molecule has 1 aromatic rings. The largest absolute Gasteiger partial charge is 0.348 e. The third kappa shape index (κ3) is 4.68. The predicted octanol–water partition coefficient (Wildman–Crippen LogP) is 4.22. The van der Waals surface area contributed by atoms with Crippen molar-refractivity contribution in [1.82, 2.24) is 10.3 Å². The minimum absolute atomic E-state index is 0.162. The molecule has 0 spiro atoms. The maximum atomic E-state index is 4.91. The quantitative estimate of drug-likeness (QED) is 0.853. The average Bonchev–Trinajstić information content (AvgIpc) is 3.01.